The van der Waals surface area contributed by atoms with Gasteiger partial charge in [-0.05, 0) is 57.8 Å². The predicted octanol–water partition coefficient (Wildman–Crippen LogP) is 25.4. The Kier molecular flexibility index (Phi) is 71.4. The number of hydrogen-bond acceptors (Lipinski definition) is 7. The van der Waals surface area contributed by atoms with Gasteiger partial charge in [0.2, 0.25) is 0 Å². The van der Waals surface area contributed by atoms with E-state index in [2.05, 4.69) is 74.6 Å². The second-order valence-electron chi connectivity index (χ2n) is 28.4. The fourth-order valence-electron chi connectivity index (χ4n) is 12.0. The molecule has 0 aromatic rings. The van der Waals surface area contributed by atoms with Crippen LogP contribution in [0.5, 0.6) is 0 Å². The minimum atomic E-state index is -1.51. The average Bonchev–Trinajstić information content (AvgIpc) is 3.75. The highest BCUT2D eigenvalue weighted by Crippen LogP contribution is 2.20. The maximum absolute atomic E-state index is 13.0. The van der Waals surface area contributed by atoms with Crippen LogP contribution in [0.15, 0.2) is 60.8 Å². The molecule has 0 bridgehead atoms. The van der Waals surface area contributed by atoms with Gasteiger partial charge in [0.15, 0.2) is 6.10 Å². The van der Waals surface area contributed by atoms with Gasteiger partial charge in [-0.15, -0.1) is 0 Å². The zero-order chi connectivity index (χ0) is 66.8. The summed E-state index contributed by atoms with van der Waals surface area (Å²) in [5.41, 5.74) is 0. The van der Waals surface area contributed by atoms with Crippen molar-refractivity contribution in [1.82, 2.24) is 0 Å². The number of carbonyl (C=O) groups excluding carboxylic acids is 2. The molecular formula is C83H154NO8+. The van der Waals surface area contributed by atoms with Crippen LogP contribution in [0.2, 0.25) is 0 Å². The molecule has 0 radical (unpaired) electrons. The minimum Gasteiger partial charge on any atom is -0.477 e. The molecule has 2 unspecified atom stereocenters. The molecule has 2 atom stereocenters. The van der Waals surface area contributed by atoms with Gasteiger partial charge in [0.25, 0.3) is 6.29 Å². The Hall–Kier alpha value is -3.01. The van der Waals surface area contributed by atoms with E-state index in [0.717, 1.165) is 70.6 Å². The second-order valence-corrected chi connectivity index (χ2v) is 28.4. The zero-order valence-corrected chi connectivity index (χ0v) is 61.7. The number of carboxylic acid groups (broad SMARTS) is 1. The molecule has 92 heavy (non-hydrogen) atoms. The molecule has 0 aliphatic heterocycles. The van der Waals surface area contributed by atoms with Crippen molar-refractivity contribution in [2.24, 2.45) is 0 Å². The third kappa shape index (κ3) is 74.4. The van der Waals surface area contributed by atoms with Crippen LogP contribution in [0, 0.1) is 0 Å². The molecule has 0 amide bonds. The zero-order valence-electron chi connectivity index (χ0n) is 61.7. The van der Waals surface area contributed by atoms with Crippen molar-refractivity contribution < 1.29 is 42.9 Å². The second kappa shape index (κ2) is 73.8. The van der Waals surface area contributed by atoms with E-state index in [4.69, 9.17) is 18.9 Å². The van der Waals surface area contributed by atoms with E-state index in [1.807, 2.05) is 21.1 Å². The lowest BCUT2D eigenvalue weighted by Gasteiger charge is -2.25. The Bertz CT molecular complexity index is 1700. The molecule has 0 saturated carbocycles. The molecule has 0 aromatic carbocycles. The summed E-state index contributed by atoms with van der Waals surface area (Å²) < 4.78 is 23.0. The Balaban J connectivity index is 3.96. The fraction of sp³-hybridized carbons (Fsp3) is 0.843. The molecule has 1 N–H and O–H groups in total. The molecule has 0 rings (SSSR count). The van der Waals surface area contributed by atoms with Crippen LogP contribution in [-0.4, -0.2) is 87.4 Å². The summed E-state index contributed by atoms with van der Waals surface area (Å²) in [6, 6.07) is 0. The monoisotopic (exact) mass is 1290 g/mol. The summed E-state index contributed by atoms with van der Waals surface area (Å²) in [4.78, 5) is 37.7. The number of rotatable bonds is 75. The van der Waals surface area contributed by atoms with E-state index in [-0.39, 0.29) is 32.2 Å². The van der Waals surface area contributed by atoms with E-state index in [1.54, 1.807) is 0 Å². The highest BCUT2D eigenvalue weighted by atomic mass is 16.7. The maximum atomic E-state index is 13.0. The lowest BCUT2D eigenvalue weighted by atomic mass is 10.0. The number of likely N-dealkylation sites (N-methyl/N-ethyl adjacent to an activating group) is 1. The number of aliphatic carboxylic acids is 1. The van der Waals surface area contributed by atoms with Crippen molar-refractivity contribution in [2.75, 3.05) is 47.5 Å². The number of carbonyl (C=O) groups is 3. The minimum absolute atomic E-state index is 0.179. The van der Waals surface area contributed by atoms with Crippen molar-refractivity contribution in [2.45, 2.75) is 405 Å². The number of unbranched alkanes of at least 4 members (excludes halogenated alkanes) is 50. The van der Waals surface area contributed by atoms with Gasteiger partial charge in [0.1, 0.15) is 13.2 Å². The molecule has 9 nitrogen and oxygen atoms in total. The van der Waals surface area contributed by atoms with Gasteiger partial charge in [-0.25, -0.2) is 4.79 Å². The normalized spacial score (nSPS) is 12.9. The summed E-state index contributed by atoms with van der Waals surface area (Å²) in [7, 11) is 5.99. The third-order valence-corrected chi connectivity index (χ3v) is 18.0. The number of allylic oxidation sites excluding steroid dienone is 10. The SMILES string of the molecule is CC/C=C\C/C=C\C/C=C\C/C=C\C/C=C\CCCCCCCCCCCCCCCC(=O)OC(COC(=O)CCCCCCCCCCCCCCCCCCCCCCCCCCCCCCCCCCCCCCCC)COC(OCC[N+](C)(C)C)C(=O)O. The van der Waals surface area contributed by atoms with Gasteiger partial charge in [0, 0.05) is 12.8 Å². The summed E-state index contributed by atoms with van der Waals surface area (Å²) >= 11 is 0. The number of esters is 2. The van der Waals surface area contributed by atoms with Crippen molar-refractivity contribution in [1.29, 1.82) is 0 Å². The van der Waals surface area contributed by atoms with Crippen molar-refractivity contribution in [3.63, 3.8) is 0 Å². The molecule has 0 aromatic heterocycles. The molecule has 0 heterocycles. The van der Waals surface area contributed by atoms with Crippen LogP contribution >= 0.6 is 0 Å². The summed E-state index contributed by atoms with van der Waals surface area (Å²) in [6.45, 7) is 4.83. The molecular weight excluding hydrogens is 1140 g/mol. The van der Waals surface area contributed by atoms with Gasteiger partial charge in [-0.3, -0.25) is 9.59 Å². The first-order chi connectivity index (χ1) is 45.1. The van der Waals surface area contributed by atoms with Crippen LogP contribution in [-0.2, 0) is 33.3 Å². The highest BCUT2D eigenvalue weighted by Gasteiger charge is 2.25. The first-order valence-corrected chi connectivity index (χ1v) is 40.0. The Morgan fingerprint density at radius 2 is 0.620 bits per heavy atom. The van der Waals surface area contributed by atoms with E-state index in [9.17, 15) is 19.5 Å². The first kappa shape index (κ1) is 89.0. The maximum Gasteiger partial charge on any atom is 0.361 e. The summed E-state index contributed by atoms with van der Waals surface area (Å²) in [6.07, 6.45) is 95.3. The van der Waals surface area contributed by atoms with Crippen molar-refractivity contribution >= 4 is 17.9 Å². The molecule has 538 valence electrons. The van der Waals surface area contributed by atoms with E-state index >= 15 is 0 Å². The Morgan fingerprint density at radius 1 is 0.337 bits per heavy atom. The smallest absolute Gasteiger partial charge is 0.361 e. The van der Waals surface area contributed by atoms with Gasteiger partial charge in [-0.1, -0.05) is 383 Å². The predicted molar refractivity (Wildman–Crippen MR) is 397 cm³/mol. The largest absolute Gasteiger partial charge is 0.477 e. The number of carboxylic acids is 1. The Labute approximate surface area is 571 Å². The van der Waals surface area contributed by atoms with Crippen LogP contribution in [0.25, 0.3) is 0 Å². The molecule has 0 aliphatic carbocycles. The summed E-state index contributed by atoms with van der Waals surface area (Å²) in [5.74, 6) is -1.98. The van der Waals surface area contributed by atoms with Crippen molar-refractivity contribution in [3.8, 4) is 0 Å². The van der Waals surface area contributed by atoms with Crippen LogP contribution in [0.1, 0.15) is 393 Å². The van der Waals surface area contributed by atoms with Crippen LogP contribution in [0.3, 0.4) is 0 Å². The van der Waals surface area contributed by atoms with E-state index in [1.165, 1.54) is 295 Å². The van der Waals surface area contributed by atoms with Gasteiger partial charge < -0.3 is 28.5 Å². The number of nitrogens with zero attached hydrogens (tertiary/aromatic N) is 1. The molecule has 0 fully saturated rings. The lowest BCUT2D eigenvalue weighted by molar-refractivity contribution is -0.870. The van der Waals surface area contributed by atoms with Crippen LogP contribution in [0.4, 0.5) is 0 Å². The standard InChI is InChI=1S/C83H153NO8/c1-6-8-10-12-14-16-18-20-22-24-26-28-30-32-34-36-37-38-39-40-41-42-43-44-46-47-49-51-53-55-57-59-61-63-65-67-69-71-73-80(85)90-77-79(78-91-83(82(87)88)89-76-75-84(3,4)5)92-81(86)74-72-70-68-66-64-62-60-58-56-54-52-50-48-45-35-33-31-29-27-25-23-21-19-17-15-13-11-9-7-2/h9,11,15,17,21,23,27,29,33,35,79,83H,6-8,10,12-14,16,18-20,22,24-26,28,30-32,34,36-78H2,1-5H3/p+1/b11-9-,17-15-,23-21-,29-27-,35-33-. The number of ether oxygens (including phenoxy) is 4. The number of hydrogen-bond donors (Lipinski definition) is 1. The topological polar surface area (TPSA) is 108 Å². The van der Waals surface area contributed by atoms with Gasteiger partial charge >= 0.3 is 17.9 Å². The van der Waals surface area contributed by atoms with Gasteiger partial charge in [-0.2, -0.15) is 0 Å². The molecule has 0 spiro atoms. The fourth-order valence-corrected chi connectivity index (χ4v) is 12.0. The molecule has 0 saturated heterocycles. The summed E-state index contributed by atoms with van der Waals surface area (Å²) in [5, 5.41) is 9.77. The third-order valence-electron chi connectivity index (χ3n) is 18.0. The van der Waals surface area contributed by atoms with Crippen molar-refractivity contribution in [3.05, 3.63) is 60.8 Å². The average molecular weight is 1290 g/mol. The quantitative estimate of drug-likeness (QED) is 0.0211. The van der Waals surface area contributed by atoms with E-state index < -0.39 is 24.3 Å². The molecule has 9 heteroatoms. The number of quaternary nitrogens is 1. The Morgan fingerprint density at radius 3 is 0.924 bits per heavy atom. The lowest BCUT2D eigenvalue weighted by Crippen LogP contribution is -2.40. The molecule has 0 aliphatic rings. The van der Waals surface area contributed by atoms with Gasteiger partial charge in [0.05, 0.1) is 34.4 Å². The van der Waals surface area contributed by atoms with E-state index in [0.29, 0.717) is 17.4 Å². The first-order valence-electron chi connectivity index (χ1n) is 40.0. The highest BCUT2D eigenvalue weighted by molar-refractivity contribution is 5.71. The van der Waals surface area contributed by atoms with Crippen LogP contribution < -0.4 is 0 Å².